The Morgan fingerprint density at radius 1 is 0.957 bits per heavy atom. The van der Waals surface area contributed by atoms with Crippen LogP contribution in [0.15, 0.2) is 24.3 Å². The standard InChI is InChI=1S/C31H47N9O7/c1-20(33-2)28(44)36-24-19-39(15-11-23-9-10-25(27(32)43)40(23)29(24)45)31(47)35-22-7-5-21(6-8-22)34-30(46)38(17-18-41)16-12-26(42)37-13-3-4-14-37/h5-8,20,23-25,33,41H,3-4,9-19H2,1-2H3,(H2,32,43)(H,34,46)(H,35,47)(H,36,44)/t20-,23+,24-,25-/m0/s1. The van der Waals surface area contributed by atoms with Crippen molar-refractivity contribution in [2.75, 3.05) is 63.6 Å². The van der Waals surface area contributed by atoms with E-state index in [1.54, 1.807) is 43.1 Å². The summed E-state index contributed by atoms with van der Waals surface area (Å²) in [5.74, 6) is -1.50. The van der Waals surface area contributed by atoms with Gasteiger partial charge in [0.2, 0.25) is 23.6 Å². The largest absolute Gasteiger partial charge is 0.395 e. The fraction of sp³-hybridized carbons (Fsp3) is 0.613. The number of likely N-dealkylation sites (tertiary alicyclic amines) is 1. The Kier molecular flexibility index (Phi) is 12.4. The number of likely N-dealkylation sites (N-methyl/N-ethyl adjacent to an activating group) is 1. The lowest BCUT2D eigenvalue weighted by molar-refractivity contribution is -0.144. The molecule has 8 amide bonds. The molecule has 3 saturated heterocycles. The number of aliphatic hydroxyl groups excluding tert-OH is 1. The van der Waals surface area contributed by atoms with Gasteiger partial charge in [0.05, 0.1) is 19.2 Å². The van der Waals surface area contributed by atoms with Crippen molar-refractivity contribution < 1.29 is 33.9 Å². The second kappa shape index (κ2) is 16.4. The van der Waals surface area contributed by atoms with Crippen LogP contribution in [0.1, 0.15) is 45.4 Å². The van der Waals surface area contributed by atoms with Gasteiger partial charge in [0.25, 0.3) is 0 Å². The molecule has 1 aromatic rings. The zero-order valence-electron chi connectivity index (χ0n) is 27.1. The molecule has 4 atom stereocenters. The van der Waals surface area contributed by atoms with Crippen molar-refractivity contribution >= 4 is 47.1 Å². The maximum absolute atomic E-state index is 13.7. The molecule has 0 spiro atoms. The van der Waals surface area contributed by atoms with Crippen molar-refractivity contribution in [1.82, 2.24) is 30.2 Å². The first-order chi connectivity index (χ1) is 22.5. The van der Waals surface area contributed by atoms with Gasteiger partial charge in [0, 0.05) is 56.6 Å². The molecular weight excluding hydrogens is 610 g/mol. The van der Waals surface area contributed by atoms with Gasteiger partial charge in [-0.3, -0.25) is 19.2 Å². The second-order valence-corrected chi connectivity index (χ2v) is 12.2. The summed E-state index contributed by atoms with van der Waals surface area (Å²) in [6.45, 7) is 3.26. The third-order valence-electron chi connectivity index (χ3n) is 9.05. The van der Waals surface area contributed by atoms with Gasteiger partial charge >= 0.3 is 12.1 Å². The normalized spacial score (nSPS) is 21.7. The van der Waals surface area contributed by atoms with Crippen LogP contribution in [0.5, 0.6) is 0 Å². The van der Waals surface area contributed by atoms with Crippen molar-refractivity contribution in [3.8, 4) is 0 Å². The average Bonchev–Trinajstić information content (AvgIpc) is 3.74. The van der Waals surface area contributed by atoms with E-state index in [-0.39, 0.29) is 51.2 Å². The summed E-state index contributed by atoms with van der Waals surface area (Å²) < 4.78 is 0. The van der Waals surface area contributed by atoms with Crippen molar-refractivity contribution in [2.45, 2.75) is 69.6 Å². The minimum Gasteiger partial charge on any atom is -0.395 e. The molecule has 0 bridgehead atoms. The number of aliphatic hydroxyl groups is 1. The van der Waals surface area contributed by atoms with Crippen LogP contribution >= 0.6 is 0 Å². The summed E-state index contributed by atoms with van der Waals surface area (Å²) in [7, 11) is 1.62. The lowest BCUT2D eigenvalue weighted by Gasteiger charge is -2.38. The van der Waals surface area contributed by atoms with Gasteiger partial charge in [0.15, 0.2) is 0 Å². The minimum absolute atomic E-state index is 0.0145. The van der Waals surface area contributed by atoms with Crippen LogP contribution in [0.2, 0.25) is 0 Å². The predicted molar refractivity (Wildman–Crippen MR) is 173 cm³/mol. The number of benzene rings is 1. The monoisotopic (exact) mass is 657 g/mol. The van der Waals surface area contributed by atoms with Crippen molar-refractivity contribution in [3.63, 3.8) is 0 Å². The maximum atomic E-state index is 13.7. The van der Waals surface area contributed by atoms with Gasteiger partial charge in [-0.2, -0.15) is 0 Å². The molecule has 16 heteroatoms. The van der Waals surface area contributed by atoms with Gasteiger partial charge < -0.3 is 51.7 Å². The summed E-state index contributed by atoms with van der Waals surface area (Å²) in [5.41, 5.74) is 6.48. The fourth-order valence-corrected chi connectivity index (χ4v) is 6.21. The van der Waals surface area contributed by atoms with E-state index in [1.807, 2.05) is 0 Å². The topological polar surface area (TPSA) is 210 Å². The lowest BCUT2D eigenvalue weighted by atomic mass is 10.1. The summed E-state index contributed by atoms with van der Waals surface area (Å²) >= 11 is 0. The van der Waals surface area contributed by atoms with Crippen LogP contribution in [0.25, 0.3) is 0 Å². The van der Waals surface area contributed by atoms with Crippen LogP contribution in [0.4, 0.5) is 21.0 Å². The number of hydrogen-bond acceptors (Lipinski definition) is 8. The molecule has 3 aliphatic rings. The van der Waals surface area contributed by atoms with E-state index in [0.29, 0.717) is 30.6 Å². The molecule has 0 unspecified atom stereocenters. The number of nitrogens with zero attached hydrogens (tertiary/aromatic N) is 4. The number of carbonyl (C=O) groups is 6. The number of nitrogens with two attached hydrogens (primary N) is 1. The van der Waals surface area contributed by atoms with E-state index in [0.717, 1.165) is 25.9 Å². The number of urea groups is 2. The first-order valence-corrected chi connectivity index (χ1v) is 16.2. The Hall–Kier alpha value is -4.44. The second-order valence-electron chi connectivity index (χ2n) is 12.2. The van der Waals surface area contributed by atoms with E-state index in [1.165, 1.54) is 14.7 Å². The first-order valence-electron chi connectivity index (χ1n) is 16.2. The Labute approximate surface area is 274 Å². The number of amides is 8. The van der Waals surface area contributed by atoms with Gasteiger partial charge in [-0.1, -0.05) is 0 Å². The molecule has 4 rings (SSSR count). The molecule has 3 aliphatic heterocycles. The Morgan fingerprint density at radius 3 is 2.23 bits per heavy atom. The van der Waals surface area contributed by atoms with E-state index in [2.05, 4.69) is 21.3 Å². The molecule has 3 fully saturated rings. The van der Waals surface area contributed by atoms with Crippen molar-refractivity contribution in [1.29, 1.82) is 0 Å². The molecule has 0 radical (unpaired) electrons. The number of fused-ring (bicyclic) bond motifs is 1. The van der Waals surface area contributed by atoms with E-state index in [4.69, 9.17) is 5.73 Å². The molecule has 16 nitrogen and oxygen atoms in total. The van der Waals surface area contributed by atoms with Gasteiger partial charge in [-0.05, 0) is 70.3 Å². The van der Waals surface area contributed by atoms with Crippen LogP contribution in [-0.4, -0.2) is 137 Å². The van der Waals surface area contributed by atoms with Crippen LogP contribution in [-0.2, 0) is 19.2 Å². The third-order valence-corrected chi connectivity index (χ3v) is 9.05. The zero-order chi connectivity index (χ0) is 34.1. The molecule has 0 saturated carbocycles. The summed E-state index contributed by atoms with van der Waals surface area (Å²) in [6.07, 6.45) is 3.55. The smallest absolute Gasteiger partial charge is 0.321 e. The Balaban J connectivity index is 1.38. The highest BCUT2D eigenvalue weighted by Gasteiger charge is 2.45. The SMILES string of the molecule is CN[C@@H](C)C(=O)N[C@H]1CN(C(=O)Nc2ccc(NC(=O)N(CCO)CCC(=O)N3CCCC3)cc2)CC[C@H]2CC[C@@H](C(N)=O)N2C1=O. The van der Waals surface area contributed by atoms with Gasteiger partial charge in [0.1, 0.15) is 12.1 Å². The fourth-order valence-electron chi connectivity index (χ4n) is 6.21. The molecule has 258 valence electrons. The predicted octanol–water partition coefficient (Wildman–Crippen LogP) is -0.299. The Bertz CT molecular complexity index is 1300. The molecule has 7 N–H and O–H groups in total. The van der Waals surface area contributed by atoms with Crippen LogP contribution in [0.3, 0.4) is 0 Å². The van der Waals surface area contributed by atoms with Crippen molar-refractivity contribution in [2.24, 2.45) is 5.73 Å². The molecule has 47 heavy (non-hydrogen) atoms. The average molecular weight is 658 g/mol. The quantitative estimate of drug-likeness (QED) is 0.186. The van der Waals surface area contributed by atoms with E-state index in [9.17, 15) is 33.9 Å². The number of rotatable bonds is 11. The minimum atomic E-state index is -1.09. The van der Waals surface area contributed by atoms with Crippen LogP contribution in [0, 0.1) is 0 Å². The number of anilines is 2. The summed E-state index contributed by atoms with van der Waals surface area (Å²) in [6, 6.07) is 2.75. The number of carbonyl (C=O) groups excluding carboxylic acids is 6. The van der Waals surface area contributed by atoms with Crippen molar-refractivity contribution in [3.05, 3.63) is 24.3 Å². The van der Waals surface area contributed by atoms with E-state index >= 15 is 0 Å². The maximum Gasteiger partial charge on any atom is 0.321 e. The molecule has 0 aliphatic carbocycles. The third kappa shape index (κ3) is 9.10. The highest BCUT2D eigenvalue weighted by Crippen LogP contribution is 2.29. The lowest BCUT2D eigenvalue weighted by Crippen LogP contribution is -2.62. The highest BCUT2D eigenvalue weighted by molar-refractivity contribution is 5.95. The zero-order valence-corrected chi connectivity index (χ0v) is 27.1. The number of hydrogen-bond donors (Lipinski definition) is 6. The summed E-state index contributed by atoms with van der Waals surface area (Å²) in [4.78, 5) is 83.4. The number of nitrogens with one attached hydrogen (secondary N) is 4. The molecular formula is C31H47N9O7. The summed E-state index contributed by atoms with van der Waals surface area (Å²) in [5, 5.41) is 20.6. The van der Waals surface area contributed by atoms with Gasteiger partial charge in [-0.15, -0.1) is 0 Å². The molecule has 0 aromatic heterocycles. The molecule has 1 aromatic carbocycles. The molecule has 3 heterocycles. The Morgan fingerprint density at radius 2 is 1.62 bits per heavy atom. The number of primary amides is 1. The first kappa shape index (κ1) is 35.4. The van der Waals surface area contributed by atoms with Gasteiger partial charge in [-0.25, -0.2) is 9.59 Å². The highest BCUT2D eigenvalue weighted by atomic mass is 16.3. The van der Waals surface area contributed by atoms with E-state index < -0.39 is 47.9 Å². The van der Waals surface area contributed by atoms with Crippen LogP contribution < -0.4 is 27.0 Å².